The number of aliphatic carboxylic acids is 1. The highest BCUT2D eigenvalue weighted by Crippen LogP contribution is 2.42. The highest BCUT2D eigenvalue weighted by atomic mass is 19.4. The molecule has 2 N–H and O–H groups in total. The number of carboxylic acid groups (broad SMARTS) is 1. The van der Waals surface area contributed by atoms with Crippen molar-refractivity contribution in [3.8, 4) is 22.6 Å². The van der Waals surface area contributed by atoms with Gasteiger partial charge in [0.05, 0.1) is 36.5 Å². The summed E-state index contributed by atoms with van der Waals surface area (Å²) in [7, 11) is 1.37. The van der Waals surface area contributed by atoms with Crippen LogP contribution in [0.4, 0.5) is 39.5 Å². The molecule has 0 aliphatic rings. The lowest BCUT2D eigenvalue weighted by molar-refractivity contribution is -0.143. The van der Waals surface area contributed by atoms with Gasteiger partial charge in [-0.25, -0.2) is 0 Å². The fourth-order valence-electron chi connectivity index (χ4n) is 5.70. The van der Waals surface area contributed by atoms with Crippen molar-refractivity contribution in [2.24, 2.45) is 0 Å². The first-order valence-electron chi connectivity index (χ1n) is 16.0. The molecule has 15 heteroatoms. The fraction of sp³-hybridized carbons (Fsp3) is 0.472. The van der Waals surface area contributed by atoms with E-state index in [9.17, 15) is 49.4 Å². The van der Waals surface area contributed by atoms with Crippen molar-refractivity contribution in [2.45, 2.75) is 96.6 Å². The van der Waals surface area contributed by atoms with Crippen LogP contribution >= 0.6 is 0 Å². The summed E-state index contributed by atoms with van der Waals surface area (Å²) in [6, 6.07) is 5.29. The molecule has 3 aromatic carbocycles. The Labute approximate surface area is 289 Å². The Morgan fingerprint density at radius 1 is 0.765 bits per heavy atom. The van der Waals surface area contributed by atoms with Gasteiger partial charge in [0, 0.05) is 30.6 Å². The maximum atomic E-state index is 14.0. The van der Waals surface area contributed by atoms with Crippen molar-refractivity contribution in [3.05, 3.63) is 81.9 Å². The summed E-state index contributed by atoms with van der Waals surface area (Å²) in [4.78, 5) is 12.2. The minimum absolute atomic E-state index is 0.0139. The van der Waals surface area contributed by atoms with E-state index in [1.54, 1.807) is 32.9 Å². The topological polar surface area (TPSA) is 79.2 Å². The third-order valence-electron chi connectivity index (χ3n) is 8.46. The van der Waals surface area contributed by atoms with Crippen LogP contribution in [-0.2, 0) is 29.9 Å². The van der Waals surface area contributed by atoms with Crippen molar-refractivity contribution in [2.75, 3.05) is 13.7 Å². The standard InChI is InChI=1S/C36H40F9NO5/c1-20(2)46(22(4)33(49)23-14-26(35(40,41)42)17-27(15-23)36(43,44)45)19-24-16-25(34(37,38)39)10-11-28(24)29-18-30(21(3)13-31(29)50-5)51-12-8-6-7-9-32(47)48/h10-11,13-18,20,22,33,49H,6-9,12,19H2,1-5H3,(H,47,48). The first kappa shape index (κ1) is 41.4. The second-order valence-electron chi connectivity index (χ2n) is 12.5. The molecule has 0 spiro atoms. The largest absolute Gasteiger partial charge is 0.496 e. The second-order valence-corrected chi connectivity index (χ2v) is 12.5. The lowest BCUT2D eigenvalue weighted by Crippen LogP contribution is -2.42. The quantitative estimate of drug-likeness (QED) is 0.119. The molecule has 0 saturated heterocycles. The zero-order chi connectivity index (χ0) is 38.5. The number of unbranched alkanes of at least 4 members (excludes halogenated alkanes) is 2. The normalized spacial score (nSPS) is 13.8. The average Bonchev–Trinajstić information content (AvgIpc) is 3.03. The van der Waals surface area contributed by atoms with Gasteiger partial charge in [0.2, 0.25) is 0 Å². The van der Waals surface area contributed by atoms with Gasteiger partial charge in [-0.15, -0.1) is 0 Å². The highest BCUT2D eigenvalue weighted by Gasteiger charge is 2.39. The summed E-state index contributed by atoms with van der Waals surface area (Å²) in [6.07, 6.45) is -15.4. The highest BCUT2D eigenvalue weighted by molar-refractivity contribution is 5.76. The van der Waals surface area contributed by atoms with Crippen LogP contribution in [0.25, 0.3) is 11.1 Å². The molecule has 2 unspecified atom stereocenters. The Bertz CT molecular complexity index is 1620. The van der Waals surface area contributed by atoms with E-state index in [-0.39, 0.29) is 42.5 Å². The maximum Gasteiger partial charge on any atom is 0.416 e. The smallest absolute Gasteiger partial charge is 0.416 e. The molecule has 0 heterocycles. The Hall–Kier alpha value is -3.98. The molecule has 0 fully saturated rings. The van der Waals surface area contributed by atoms with E-state index in [1.165, 1.54) is 25.0 Å². The molecule has 0 saturated carbocycles. The molecule has 6 nitrogen and oxygen atoms in total. The van der Waals surface area contributed by atoms with Gasteiger partial charge in [0.15, 0.2) is 0 Å². The van der Waals surface area contributed by atoms with Crippen molar-refractivity contribution in [1.29, 1.82) is 0 Å². The van der Waals surface area contributed by atoms with Crippen LogP contribution in [0.2, 0.25) is 0 Å². The number of ether oxygens (including phenoxy) is 2. The molecule has 2 atom stereocenters. The third-order valence-corrected chi connectivity index (χ3v) is 8.46. The molecule has 0 aliphatic carbocycles. The fourth-order valence-corrected chi connectivity index (χ4v) is 5.70. The third kappa shape index (κ3) is 11.0. The molecular formula is C36H40F9NO5. The summed E-state index contributed by atoms with van der Waals surface area (Å²) in [5.41, 5.74) is -3.54. The van der Waals surface area contributed by atoms with Gasteiger partial charge >= 0.3 is 24.5 Å². The van der Waals surface area contributed by atoms with Crippen LogP contribution in [0, 0.1) is 6.92 Å². The van der Waals surface area contributed by atoms with E-state index in [0.29, 0.717) is 48.3 Å². The van der Waals surface area contributed by atoms with Crippen molar-refractivity contribution in [3.63, 3.8) is 0 Å². The predicted molar refractivity (Wildman–Crippen MR) is 171 cm³/mol. The van der Waals surface area contributed by atoms with Crippen molar-refractivity contribution < 1.29 is 64.0 Å². The minimum Gasteiger partial charge on any atom is -0.496 e. The predicted octanol–water partition coefficient (Wildman–Crippen LogP) is 10.1. The Morgan fingerprint density at radius 3 is 1.86 bits per heavy atom. The number of alkyl halides is 9. The Balaban J connectivity index is 2.08. The van der Waals surface area contributed by atoms with E-state index >= 15 is 0 Å². The number of hydrogen-bond donors (Lipinski definition) is 2. The number of benzene rings is 3. The number of halogens is 9. The van der Waals surface area contributed by atoms with Gasteiger partial charge in [-0.1, -0.05) is 6.07 Å². The van der Waals surface area contributed by atoms with Crippen LogP contribution in [-0.4, -0.2) is 46.9 Å². The number of hydrogen-bond acceptors (Lipinski definition) is 5. The van der Waals surface area contributed by atoms with Crippen molar-refractivity contribution in [1.82, 2.24) is 4.90 Å². The maximum absolute atomic E-state index is 14.0. The lowest BCUT2D eigenvalue weighted by atomic mass is 9.93. The first-order chi connectivity index (χ1) is 23.5. The molecular weight excluding hydrogens is 697 g/mol. The monoisotopic (exact) mass is 737 g/mol. The zero-order valence-electron chi connectivity index (χ0n) is 28.6. The number of carbonyl (C=O) groups is 1. The lowest BCUT2D eigenvalue weighted by Gasteiger charge is -2.36. The van der Waals surface area contributed by atoms with Gasteiger partial charge in [-0.2, -0.15) is 39.5 Å². The number of carboxylic acids is 1. The molecule has 0 bridgehead atoms. The summed E-state index contributed by atoms with van der Waals surface area (Å²) in [5, 5.41) is 20.1. The molecule has 0 aliphatic heterocycles. The average molecular weight is 738 g/mol. The number of aliphatic hydroxyl groups is 1. The van der Waals surface area contributed by atoms with E-state index in [2.05, 4.69) is 0 Å². The van der Waals surface area contributed by atoms with E-state index < -0.39 is 64.9 Å². The summed E-state index contributed by atoms with van der Waals surface area (Å²) >= 11 is 0. The molecule has 0 radical (unpaired) electrons. The molecule has 3 aromatic rings. The molecule has 51 heavy (non-hydrogen) atoms. The summed E-state index contributed by atoms with van der Waals surface area (Å²) in [6.45, 7) is 6.27. The minimum atomic E-state index is -5.15. The van der Waals surface area contributed by atoms with Crippen molar-refractivity contribution >= 4 is 5.97 Å². The Kier molecular flexibility index (Phi) is 13.5. The van der Waals surface area contributed by atoms with Crippen LogP contribution < -0.4 is 9.47 Å². The van der Waals surface area contributed by atoms with Gasteiger partial charge in [0.1, 0.15) is 11.5 Å². The van der Waals surface area contributed by atoms with Crippen LogP contribution in [0.3, 0.4) is 0 Å². The van der Waals surface area contributed by atoms with E-state index in [1.807, 2.05) is 0 Å². The Morgan fingerprint density at radius 2 is 1.35 bits per heavy atom. The first-order valence-corrected chi connectivity index (χ1v) is 16.0. The molecule has 0 amide bonds. The second kappa shape index (κ2) is 16.6. The molecule has 282 valence electrons. The van der Waals surface area contributed by atoms with Gasteiger partial charge in [-0.05, 0) is 112 Å². The molecule has 0 aromatic heterocycles. The van der Waals surface area contributed by atoms with Crippen LogP contribution in [0.15, 0.2) is 48.5 Å². The molecule has 3 rings (SSSR count). The van der Waals surface area contributed by atoms with E-state index in [4.69, 9.17) is 14.6 Å². The summed E-state index contributed by atoms with van der Waals surface area (Å²) < 4.78 is 135. The number of rotatable bonds is 15. The summed E-state index contributed by atoms with van der Waals surface area (Å²) in [5.74, 6) is -0.232. The van der Waals surface area contributed by atoms with E-state index in [0.717, 1.165) is 12.1 Å². The van der Waals surface area contributed by atoms with Crippen LogP contribution in [0.1, 0.15) is 85.9 Å². The van der Waals surface area contributed by atoms with Gasteiger partial charge in [-0.3, -0.25) is 9.69 Å². The van der Waals surface area contributed by atoms with Gasteiger partial charge < -0.3 is 19.7 Å². The van der Waals surface area contributed by atoms with Crippen LogP contribution in [0.5, 0.6) is 11.5 Å². The van der Waals surface area contributed by atoms with Gasteiger partial charge in [0.25, 0.3) is 0 Å². The number of aryl methyl sites for hydroxylation is 1. The zero-order valence-corrected chi connectivity index (χ0v) is 28.6. The SMILES string of the molecule is COc1cc(C)c(OCCCCCC(=O)O)cc1-c1ccc(C(F)(F)F)cc1CN(C(C)C)C(C)C(O)c1cc(C(F)(F)F)cc(C(F)(F)F)c1. The number of nitrogens with zero attached hydrogens (tertiary/aromatic N) is 1. The number of aliphatic hydroxyl groups excluding tert-OH is 1. The number of methoxy groups -OCH3 is 1.